The number of aliphatic hydroxyl groups excluding tert-OH is 21. The molecule has 21 aliphatic rings. The van der Waals surface area contributed by atoms with Crippen molar-refractivity contribution < 1.29 is 234 Å². The van der Waals surface area contributed by atoms with Crippen LogP contribution in [0, 0.1) is 0 Å². The molecule has 0 aromatic heterocycles. The molecule has 21 heterocycles. The zero-order valence-electron chi connectivity index (χ0n) is 51.0. The summed E-state index contributed by atoms with van der Waals surface area (Å²) in [4.78, 5) is 0. The van der Waals surface area contributed by atoms with Crippen molar-refractivity contribution in [2.24, 2.45) is 0 Å². The van der Waals surface area contributed by atoms with Gasteiger partial charge < -0.3 is 178 Å². The van der Waals surface area contributed by atoms with Gasteiger partial charge in [-0.25, -0.2) is 0 Å². The van der Waals surface area contributed by atoms with Gasteiger partial charge >= 0.3 is 29.6 Å². The molecular formula is C50H88NaO42S2+. The van der Waals surface area contributed by atoms with E-state index in [4.69, 9.17) is 80.2 Å². The minimum absolute atomic E-state index is 0. The molecule has 0 aromatic rings. The summed E-state index contributed by atoms with van der Waals surface area (Å²) in [6.07, 6.45) is -69.6. The van der Waals surface area contributed by atoms with Crippen molar-refractivity contribution in [2.45, 2.75) is 265 Å². The van der Waals surface area contributed by atoms with E-state index in [1.54, 1.807) is 13.8 Å². The maximum absolute atomic E-state index is 11.3. The van der Waals surface area contributed by atoms with Gasteiger partial charge in [-0.3, -0.25) is 9.11 Å². The van der Waals surface area contributed by atoms with Gasteiger partial charge in [0.1, 0.15) is 171 Å². The minimum atomic E-state index is -4.50. The first-order valence-electron chi connectivity index (χ1n) is 29.8. The van der Waals surface area contributed by atoms with Crippen LogP contribution in [0.15, 0.2) is 0 Å². The van der Waals surface area contributed by atoms with Gasteiger partial charge in [-0.2, -0.15) is 16.8 Å². The van der Waals surface area contributed by atoms with Gasteiger partial charge in [0.05, 0.1) is 46.2 Å². The molecule has 21 fully saturated rings. The minimum Gasteiger partial charge on any atom is -0.394 e. The van der Waals surface area contributed by atoms with Crippen LogP contribution in [0.4, 0.5) is 0 Å². The summed E-state index contributed by atoms with van der Waals surface area (Å²) in [7, 11) is -9.00. The van der Waals surface area contributed by atoms with E-state index in [-0.39, 0.29) is 42.4 Å². The Bertz CT molecular complexity index is 2120. The molecule has 45 heteroatoms. The van der Waals surface area contributed by atoms with Crippen LogP contribution in [0.5, 0.6) is 0 Å². The van der Waals surface area contributed by atoms with E-state index in [1.807, 2.05) is 0 Å². The van der Waals surface area contributed by atoms with Crippen LogP contribution in [-0.2, 0) is 91.3 Å². The molecule has 37 atom stereocenters. The molecule has 0 radical (unpaired) electrons. The molecule has 21 saturated heterocycles. The molecule has 95 heavy (non-hydrogen) atoms. The molecule has 0 aromatic carbocycles. The molecule has 23 N–H and O–H groups in total. The van der Waals surface area contributed by atoms with E-state index in [1.165, 1.54) is 0 Å². The Balaban J connectivity index is 0.000000696. The standard InChI is InChI=1S/C42H70O35.C8H18O7S2.Na/c43-1-8-29-15(50)22(57)36(64-8)72-30-9(2-44)66-38(24(59)17(30)52)74-32-11(4-46)68-40(26(61)19(32)54)76-34-13(6-48)70-42(28(63)21(34)56)77-35-14(7-49)69-41(27(62)20(35)55)75-33-12(5-47)67-39(25(60)18(33)53)73-31-10(3-45)65-37(71-29)23(58)16(31)51;1-3-5-7(16(9,10)11)15-8(6-4-2)17(12,13)14;/h8-63H,1-7H2;7-8H,3-6H2,1-2H3,(H,9,10,11)(H,12,13,14);/q;;+1/t8-,9-,10-,11-,12-,13-,14-,15-,16-,17-,18-,19-,20-,21-,22-,23-,24-,25-,26-,27-,28-,29-,30-,31-,32-,33-,34-,35-,36-,37-,38-,39-,40-,41-,42-;;/m1../s1. The fraction of sp³-hybridized carbons (Fsp3) is 1.00. The Hall–Kier alpha value is -0.620. The molecule has 0 amide bonds. The van der Waals surface area contributed by atoms with E-state index < -0.39 is 292 Å². The van der Waals surface area contributed by atoms with Crippen molar-refractivity contribution in [1.82, 2.24) is 0 Å². The van der Waals surface area contributed by atoms with Gasteiger partial charge in [0, 0.05) is 0 Å². The van der Waals surface area contributed by atoms with E-state index in [9.17, 15) is 124 Å². The summed E-state index contributed by atoms with van der Waals surface area (Å²) in [6, 6.07) is 0. The second-order valence-corrected chi connectivity index (χ2v) is 26.4. The summed E-state index contributed by atoms with van der Waals surface area (Å²) in [6.45, 7) is -4.01. The van der Waals surface area contributed by atoms with Crippen LogP contribution >= 0.6 is 0 Å². The Labute approximate surface area is 563 Å². The first-order chi connectivity index (χ1) is 44.3. The molecule has 21 rings (SSSR count). The predicted octanol–water partition coefficient (Wildman–Crippen LogP) is -17.2. The van der Waals surface area contributed by atoms with Gasteiger partial charge in [-0.1, -0.05) is 26.7 Å². The van der Waals surface area contributed by atoms with Crippen LogP contribution in [-0.4, -0.2) is 405 Å². The normalized spacial score (nSPS) is 47.9. The molecule has 21 aliphatic heterocycles. The van der Waals surface area contributed by atoms with Crippen molar-refractivity contribution in [2.75, 3.05) is 46.2 Å². The molecular weight excluding hydrogens is 1360 g/mol. The second-order valence-electron chi connectivity index (χ2n) is 23.3. The van der Waals surface area contributed by atoms with Crippen molar-refractivity contribution in [1.29, 1.82) is 0 Å². The topological polar surface area (TPSA) is 672 Å². The number of hydrogen-bond acceptors (Lipinski definition) is 40. The maximum Gasteiger partial charge on any atom is 1.00 e. The van der Waals surface area contributed by atoms with Gasteiger partial charge in [0.15, 0.2) is 54.9 Å². The molecule has 2 unspecified atom stereocenters. The first kappa shape index (κ1) is 83.3. The summed E-state index contributed by atoms with van der Waals surface area (Å²) in [5.41, 5.74) is -3.27. The summed E-state index contributed by atoms with van der Waals surface area (Å²) in [5.74, 6) is 0. The van der Waals surface area contributed by atoms with Crippen LogP contribution in [0.2, 0.25) is 0 Å². The van der Waals surface area contributed by atoms with Crippen LogP contribution in [0.1, 0.15) is 39.5 Å². The molecule has 552 valence electrons. The third kappa shape index (κ3) is 18.9. The summed E-state index contributed by atoms with van der Waals surface area (Å²) < 4.78 is 146. The molecule has 42 nitrogen and oxygen atoms in total. The van der Waals surface area contributed by atoms with Gasteiger partial charge in [0.25, 0.3) is 20.2 Å². The van der Waals surface area contributed by atoms with Gasteiger partial charge in [-0.15, -0.1) is 0 Å². The fourth-order valence-electron chi connectivity index (χ4n) is 11.6. The quantitative estimate of drug-likeness (QED) is 0.0535. The van der Waals surface area contributed by atoms with Gasteiger partial charge in [-0.05, 0) is 12.8 Å². The zero-order chi connectivity index (χ0) is 69.7. The second kappa shape index (κ2) is 36.2. The van der Waals surface area contributed by atoms with E-state index in [0.717, 1.165) is 0 Å². The van der Waals surface area contributed by atoms with Gasteiger partial charge in [0.2, 0.25) is 0 Å². The van der Waals surface area contributed by atoms with Crippen LogP contribution in [0.3, 0.4) is 0 Å². The van der Waals surface area contributed by atoms with E-state index in [0.29, 0.717) is 12.8 Å². The van der Waals surface area contributed by atoms with Crippen LogP contribution in [0.25, 0.3) is 0 Å². The monoisotopic (exact) mass is 1450 g/mol. The molecule has 0 saturated carbocycles. The number of rotatable bonds is 15. The third-order valence-electron chi connectivity index (χ3n) is 16.8. The Morgan fingerprint density at radius 3 is 0.516 bits per heavy atom. The van der Waals surface area contributed by atoms with Crippen molar-refractivity contribution in [3.8, 4) is 0 Å². The predicted molar refractivity (Wildman–Crippen MR) is 290 cm³/mol. The zero-order valence-corrected chi connectivity index (χ0v) is 54.6. The largest absolute Gasteiger partial charge is 1.00 e. The summed E-state index contributed by atoms with van der Waals surface area (Å²) in [5, 5.41) is 230. The molecule has 0 aliphatic carbocycles. The number of aliphatic hydroxyl groups is 21. The smallest absolute Gasteiger partial charge is 0.394 e. The Kier molecular flexibility index (Phi) is 31.7. The third-order valence-corrected chi connectivity index (χ3v) is 18.8. The van der Waals surface area contributed by atoms with Crippen molar-refractivity contribution in [3.05, 3.63) is 0 Å². The number of ether oxygens (including phenoxy) is 15. The van der Waals surface area contributed by atoms with Crippen molar-refractivity contribution >= 4 is 20.2 Å². The summed E-state index contributed by atoms with van der Waals surface area (Å²) >= 11 is 0. The van der Waals surface area contributed by atoms with E-state index in [2.05, 4.69) is 0 Å². The average Bonchev–Trinajstić information content (AvgIpc) is 0.785. The van der Waals surface area contributed by atoms with E-state index >= 15 is 0 Å². The molecule has 0 spiro atoms. The fourth-order valence-corrected chi connectivity index (χ4v) is 13.3. The van der Waals surface area contributed by atoms with Crippen LogP contribution < -0.4 is 29.6 Å². The Morgan fingerprint density at radius 1 is 0.274 bits per heavy atom. The average molecular weight is 1450 g/mol. The maximum atomic E-state index is 11.3. The SMILES string of the molecule is CCCC(OC(CCC)S(=O)(=O)O)S(=O)(=O)O.OC[C@H]1O[C@@H]2O[C@H]3[C@H](O)[C@@H](O)[C@@H](O[C@H]4[C@H](O)[C@@H](O)[C@@H](O[C@H]5[C@H](O)[C@@H](O)[C@@H](O[C@H]6[C@H](O)[C@@H](O)[C@@H](O[C@H]7[C@H](O)[C@@H](O)[C@@H](O[C@H]8[C@H](O)[C@@H](O)[C@@H](O[C@H]1[C@H](O)[C@H]2O)O[C@@H]8CO)O[C@@H]7CO)O[C@@H]6CO)O[C@@H]5CO)O[C@@H]4CO)O[C@@H]3CO.[Na+]. The number of hydrogen-bond donors (Lipinski definition) is 23. The molecule has 14 bridgehead atoms. The van der Waals surface area contributed by atoms with Crippen molar-refractivity contribution in [3.63, 3.8) is 0 Å². The Morgan fingerprint density at radius 2 is 0.411 bits per heavy atom. The first-order valence-corrected chi connectivity index (χ1v) is 32.8.